The molecule has 2 aromatic rings. The highest BCUT2D eigenvalue weighted by atomic mass is 32.1. The lowest BCUT2D eigenvalue weighted by atomic mass is 10.3. The lowest BCUT2D eigenvalue weighted by Gasteiger charge is -2.06. The number of pyridine rings is 1. The van der Waals surface area contributed by atoms with Gasteiger partial charge in [-0.05, 0) is 6.07 Å². The van der Waals surface area contributed by atoms with Gasteiger partial charge in [-0.2, -0.15) is 30.9 Å². The van der Waals surface area contributed by atoms with Crippen LogP contribution < -0.4 is 0 Å². The van der Waals surface area contributed by atoms with Crippen LogP contribution >= 0.6 is 12.6 Å². The molecule has 0 atom stereocenters. The fourth-order valence-electron chi connectivity index (χ4n) is 1.37. The molecule has 23 heavy (non-hydrogen) atoms. The van der Waals surface area contributed by atoms with Gasteiger partial charge in [-0.15, -0.1) is 0 Å². The quantitative estimate of drug-likeness (QED) is 0.609. The molecule has 4 nitrogen and oxygen atoms in total. The van der Waals surface area contributed by atoms with Gasteiger partial charge in [-0.3, -0.25) is 9.67 Å². The molecule has 0 aromatic carbocycles. The van der Waals surface area contributed by atoms with Crippen molar-refractivity contribution in [3.63, 3.8) is 0 Å². The first-order valence-corrected chi connectivity index (χ1v) is 7.55. The molecule has 0 bridgehead atoms. The van der Waals surface area contributed by atoms with Crippen LogP contribution in [0.4, 0.5) is 13.2 Å². The zero-order chi connectivity index (χ0) is 18.3. The summed E-state index contributed by atoms with van der Waals surface area (Å²) in [4.78, 5) is 3.82. The van der Waals surface area contributed by atoms with Crippen LogP contribution in [0, 0.1) is 5.41 Å². The third kappa shape index (κ3) is 9.22. The van der Waals surface area contributed by atoms with Crippen LogP contribution in [0.2, 0.25) is 0 Å². The van der Waals surface area contributed by atoms with Crippen molar-refractivity contribution in [3.05, 3.63) is 24.2 Å². The van der Waals surface area contributed by atoms with E-state index in [1.54, 1.807) is 0 Å². The lowest BCUT2D eigenvalue weighted by molar-refractivity contribution is -0.141. The maximum Gasteiger partial charge on any atom is 0.408 e. The third-order valence-corrected chi connectivity index (χ3v) is 2.03. The summed E-state index contributed by atoms with van der Waals surface area (Å²) >= 11 is 4.12. The molecule has 2 heterocycles. The fraction of sp³-hybridized carbons (Fsp3) is 0.533. The van der Waals surface area contributed by atoms with Crippen molar-refractivity contribution in [2.75, 3.05) is 0 Å². The van der Waals surface area contributed by atoms with Crippen LogP contribution in [0.1, 0.15) is 40.3 Å². The number of nitrogens with zero attached hydrogens (tertiary/aromatic N) is 3. The number of fused-ring (bicyclic) bond motifs is 1. The van der Waals surface area contributed by atoms with Crippen molar-refractivity contribution < 1.29 is 13.2 Å². The minimum atomic E-state index is -4.31. The van der Waals surface area contributed by atoms with Crippen LogP contribution in [0.5, 0.6) is 0 Å². The van der Waals surface area contributed by atoms with Crippen molar-refractivity contribution >= 4 is 29.7 Å². The third-order valence-electron chi connectivity index (χ3n) is 2.03. The first-order valence-electron chi connectivity index (χ1n) is 7.11. The molecule has 0 saturated carbocycles. The summed E-state index contributed by atoms with van der Waals surface area (Å²) in [7, 11) is 0. The Kier molecular flexibility index (Phi) is 8.30. The van der Waals surface area contributed by atoms with Gasteiger partial charge in [0.1, 0.15) is 6.54 Å². The molecule has 0 fully saturated rings. The Labute approximate surface area is 140 Å². The predicted octanol–water partition coefficient (Wildman–Crippen LogP) is 4.73. The highest BCUT2D eigenvalue weighted by Crippen LogP contribution is 2.20. The van der Waals surface area contributed by atoms with Crippen LogP contribution in [-0.2, 0) is 6.54 Å². The molecule has 0 aliphatic rings. The Bertz CT molecular complexity index is 609. The molecule has 8 heteroatoms. The lowest BCUT2D eigenvalue weighted by Crippen LogP contribution is -2.18. The summed E-state index contributed by atoms with van der Waals surface area (Å²) < 4.78 is 37.6. The SMILES string of the molecule is CC.CC(C)(C)S.N=Cc1cc2cnn(CC(F)(F)F)c2cn1. The highest BCUT2D eigenvalue weighted by Gasteiger charge is 2.29. The number of nitrogens with one attached hydrogen (secondary N) is 1. The minimum Gasteiger partial charge on any atom is -0.307 e. The second-order valence-electron chi connectivity index (χ2n) is 5.40. The summed E-state index contributed by atoms with van der Waals surface area (Å²) in [6.45, 7) is 9.02. The smallest absolute Gasteiger partial charge is 0.307 e. The second-order valence-corrected chi connectivity index (χ2v) is 6.74. The molecule has 0 saturated heterocycles. The second kappa shape index (κ2) is 8.90. The summed E-state index contributed by atoms with van der Waals surface area (Å²) in [5, 5.41) is 11.2. The van der Waals surface area contributed by atoms with Gasteiger partial charge in [-0.25, -0.2) is 0 Å². The van der Waals surface area contributed by atoms with E-state index in [-0.39, 0.29) is 4.75 Å². The van der Waals surface area contributed by atoms with Gasteiger partial charge in [0.2, 0.25) is 0 Å². The van der Waals surface area contributed by atoms with E-state index in [1.807, 2.05) is 13.8 Å². The van der Waals surface area contributed by atoms with Crippen molar-refractivity contribution in [1.82, 2.24) is 14.8 Å². The number of halogens is 3. The fourth-order valence-corrected chi connectivity index (χ4v) is 1.37. The van der Waals surface area contributed by atoms with Gasteiger partial charge >= 0.3 is 6.18 Å². The van der Waals surface area contributed by atoms with Gasteiger partial charge in [0.05, 0.1) is 23.6 Å². The average molecular weight is 348 g/mol. The van der Waals surface area contributed by atoms with Crippen LogP contribution in [0.15, 0.2) is 18.5 Å². The number of aromatic nitrogens is 3. The molecule has 1 N–H and O–H groups in total. The van der Waals surface area contributed by atoms with Crippen molar-refractivity contribution in [1.29, 1.82) is 5.41 Å². The Morgan fingerprint density at radius 3 is 2.17 bits per heavy atom. The van der Waals surface area contributed by atoms with Gasteiger partial charge < -0.3 is 5.41 Å². The monoisotopic (exact) mass is 348 g/mol. The standard InChI is InChI=1S/C9H7F3N4.C4H10S.C2H6/c10-9(11,12)5-16-8-4-14-7(2-13)1-6(8)3-15-16;1-4(2,3)5;1-2/h1-4,13H,5H2;5H,1-3H3;1-2H3. The molecule has 0 aliphatic heterocycles. The van der Waals surface area contributed by atoms with E-state index in [2.05, 4.69) is 43.5 Å². The first-order chi connectivity index (χ1) is 10.5. The Morgan fingerprint density at radius 2 is 1.74 bits per heavy atom. The molecule has 0 aliphatic carbocycles. The summed E-state index contributed by atoms with van der Waals surface area (Å²) in [5.74, 6) is 0. The number of alkyl halides is 3. The van der Waals surface area contributed by atoms with E-state index in [0.29, 0.717) is 16.6 Å². The number of hydrogen-bond donors (Lipinski definition) is 2. The first kappa shape index (κ1) is 21.4. The van der Waals surface area contributed by atoms with E-state index < -0.39 is 12.7 Å². The summed E-state index contributed by atoms with van der Waals surface area (Å²) in [5.41, 5.74) is 0.696. The van der Waals surface area contributed by atoms with Gasteiger partial charge in [0, 0.05) is 16.3 Å². The Balaban J connectivity index is 0.000000594. The topological polar surface area (TPSA) is 54.6 Å². The van der Waals surface area contributed by atoms with Crippen LogP contribution in [0.25, 0.3) is 10.9 Å². The number of rotatable bonds is 2. The molecule has 130 valence electrons. The van der Waals surface area contributed by atoms with Crippen LogP contribution in [-0.4, -0.2) is 31.9 Å². The van der Waals surface area contributed by atoms with E-state index >= 15 is 0 Å². The largest absolute Gasteiger partial charge is 0.408 e. The predicted molar refractivity (Wildman–Crippen MR) is 91.6 cm³/mol. The van der Waals surface area contributed by atoms with Crippen LogP contribution in [0.3, 0.4) is 0 Å². The van der Waals surface area contributed by atoms with Crippen molar-refractivity contribution in [2.45, 2.75) is 52.1 Å². The normalized spacial score (nSPS) is 11.2. The van der Waals surface area contributed by atoms with Gasteiger partial charge in [0.15, 0.2) is 0 Å². The van der Waals surface area contributed by atoms with E-state index in [1.165, 1.54) is 18.5 Å². The molecular weight excluding hydrogens is 325 g/mol. The molecule has 0 unspecified atom stereocenters. The maximum atomic E-state index is 12.2. The molecule has 2 aromatic heterocycles. The molecule has 2 rings (SSSR count). The van der Waals surface area contributed by atoms with Gasteiger partial charge in [-0.1, -0.05) is 34.6 Å². The zero-order valence-corrected chi connectivity index (χ0v) is 14.8. The number of hydrogen-bond acceptors (Lipinski definition) is 4. The highest BCUT2D eigenvalue weighted by molar-refractivity contribution is 7.81. The van der Waals surface area contributed by atoms with Crippen molar-refractivity contribution in [2.24, 2.45) is 0 Å². The van der Waals surface area contributed by atoms with Crippen molar-refractivity contribution in [3.8, 4) is 0 Å². The minimum absolute atomic E-state index is 0.194. The van der Waals surface area contributed by atoms with E-state index in [4.69, 9.17) is 5.41 Å². The average Bonchev–Trinajstić information content (AvgIpc) is 2.79. The van der Waals surface area contributed by atoms with Gasteiger partial charge in [0.25, 0.3) is 0 Å². The summed E-state index contributed by atoms with van der Waals surface area (Å²) in [6, 6.07) is 1.52. The van der Waals surface area contributed by atoms with E-state index in [0.717, 1.165) is 10.9 Å². The molecule has 0 amide bonds. The summed E-state index contributed by atoms with van der Waals surface area (Å²) in [6.07, 6.45) is -0.663. The molecule has 0 spiro atoms. The molecule has 0 radical (unpaired) electrons. The zero-order valence-electron chi connectivity index (χ0n) is 13.9. The molecular formula is C15H23F3N4S. The number of thiol groups is 1. The Morgan fingerprint density at radius 1 is 1.22 bits per heavy atom. The Hall–Kier alpha value is -1.57. The maximum absolute atomic E-state index is 12.2. The van der Waals surface area contributed by atoms with E-state index in [9.17, 15) is 13.2 Å².